The number of carboxylic acid groups (broad SMARTS) is 1. The number of rotatable bonds is 8. The molecule has 0 aromatic heterocycles. The molecule has 1 heterocycles. The zero-order chi connectivity index (χ0) is 20.8. The number of carbonyl (C=O) groups excluding carboxylic acids is 1. The van der Waals surface area contributed by atoms with Crippen LogP contribution in [-0.2, 0) is 16.2 Å². The highest BCUT2D eigenvalue weighted by molar-refractivity contribution is 8.26. The van der Waals surface area contributed by atoms with Crippen LogP contribution in [0.15, 0.2) is 53.4 Å². The molecule has 29 heavy (non-hydrogen) atoms. The van der Waals surface area contributed by atoms with Gasteiger partial charge in [0.1, 0.15) is 16.7 Å². The van der Waals surface area contributed by atoms with E-state index in [1.54, 1.807) is 6.08 Å². The average Bonchev–Trinajstić information content (AvgIpc) is 2.95. The first-order valence-corrected chi connectivity index (χ1v) is 10.5. The SMILES string of the molecule is O=C(O)CCCN1C(=O)C(=Cc2ccc(OCc3ccccc3Cl)cc2)SC1=S. The number of thiocarbonyl (C=S) groups is 1. The summed E-state index contributed by atoms with van der Waals surface area (Å²) in [5, 5.41) is 9.40. The van der Waals surface area contributed by atoms with Gasteiger partial charge in [0.15, 0.2) is 0 Å². The minimum absolute atomic E-state index is 0.00572. The lowest BCUT2D eigenvalue weighted by Gasteiger charge is -2.13. The fraction of sp³-hybridized carbons (Fsp3) is 0.190. The van der Waals surface area contributed by atoms with Gasteiger partial charge >= 0.3 is 5.97 Å². The second-order valence-corrected chi connectivity index (χ2v) is 8.36. The molecule has 0 radical (unpaired) electrons. The lowest BCUT2D eigenvalue weighted by Crippen LogP contribution is -2.29. The largest absolute Gasteiger partial charge is 0.489 e. The molecule has 0 bridgehead atoms. The van der Waals surface area contributed by atoms with E-state index in [2.05, 4.69) is 0 Å². The van der Waals surface area contributed by atoms with E-state index in [1.807, 2.05) is 48.5 Å². The van der Waals surface area contributed by atoms with Gasteiger partial charge in [-0.15, -0.1) is 0 Å². The number of carbonyl (C=O) groups is 2. The molecule has 1 saturated heterocycles. The number of benzene rings is 2. The predicted molar refractivity (Wildman–Crippen MR) is 119 cm³/mol. The van der Waals surface area contributed by atoms with Crippen LogP contribution < -0.4 is 4.74 Å². The summed E-state index contributed by atoms with van der Waals surface area (Å²) in [4.78, 5) is 25.1. The number of aliphatic carboxylic acids is 1. The van der Waals surface area contributed by atoms with Crippen LogP contribution in [0.5, 0.6) is 5.75 Å². The molecule has 5 nitrogen and oxygen atoms in total. The minimum atomic E-state index is -0.886. The molecule has 1 N–H and O–H groups in total. The molecule has 2 aromatic rings. The molecule has 0 aliphatic carbocycles. The first-order valence-electron chi connectivity index (χ1n) is 8.87. The standard InChI is InChI=1S/C21H18ClNO4S2/c22-17-5-2-1-4-15(17)13-27-16-9-7-14(8-10-16)12-18-20(26)23(21(28)29-18)11-3-6-19(24)25/h1-2,4-5,7-10,12H,3,6,11,13H2,(H,24,25). The lowest BCUT2D eigenvalue weighted by atomic mass is 10.2. The Balaban J connectivity index is 1.60. The third-order valence-electron chi connectivity index (χ3n) is 4.18. The number of ether oxygens (including phenoxy) is 1. The van der Waals surface area contributed by atoms with Gasteiger partial charge in [-0.25, -0.2) is 0 Å². The summed E-state index contributed by atoms with van der Waals surface area (Å²) in [6.07, 6.45) is 2.15. The van der Waals surface area contributed by atoms with Crippen molar-refractivity contribution in [2.24, 2.45) is 0 Å². The van der Waals surface area contributed by atoms with Crippen molar-refractivity contribution in [2.45, 2.75) is 19.4 Å². The van der Waals surface area contributed by atoms with E-state index in [9.17, 15) is 9.59 Å². The minimum Gasteiger partial charge on any atom is -0.489 e. The fourth-order valence-corrected chi connectivity index (χ4v) is 4.17. The molecule has 150 valence electrons. The maximum Gasteiger partial charge on any atom is 0.303 e. The van der Waals surface area contributed by atoms with E-state index in [0.717, 1.165) is 11.1 Å². The summed E-state index contributed by atoms with van der Waals surface area (Å²) in [6.45, 7) is 0.678. The van der Waals surface area contributed by atoms with Crippen LogP contribution in [0.1, 0.15) is 24.0 Å². The highest BCUT2D eigenvalue weighted by Crippen LogP contribution is 2.33. The lowest BCUT2D eigenvalue weighted by molar-refractivity contribution is -0.137. The number of nitrogens with zero attached hydrogens (tertiary/aromatic N) is 1. The van der Waals surface area contributed by atoms with Crippen molar-refractivity contribution in [3.8, 4) is 5.75 Å². The summed E-state index contributed by atoms with van der Waals surface area (Å²) in [6, 6.07) is 14.9. The molecule has 1 aliphatic heterocycles. The van der Waals surface area contributed by atoms with E-state index >= 15 is 0 Å². The van der Waals surface area contributed by atoms with Crippen LogP contribution >= 0.6 is 35.6 Å². The number of halogens is 1. The normalized spacial score (nSPS) is 15.2. The number of amides is 1. The summed E-state index contributed by atoms with van der Waals surface area (Å²) < 4.78 is 6.21. The van der Waals surface area contributed by atoms with Crippen LogP contribution in [-0.4, -0.2) is 32.7 Å². The van der Waals surface area contributed by atoms with E-state index in [-0.39, 0.29) is 12.3 Å². The molecule has 0 saturated carbocycles. The van der Waals surface area contributed by atoms with Crippen molar-refractivity contribution in [1.29, 1.82) is 0 Å². The molecule has 2 aromatic carbocycles. The number of carboxylic acids is 1. The molecule has 0 atom stereocenters. The zero-order valence-corrected chi connectivity index (χ0v) is 17.7. The molecule has 3 rings (SSSR count). The Bertz CT molecular complexity index is 959. The first kappa shape index (κ1) is 21.4. The van der Waals surface area contributed by atoms with Gasteiger partial charge in [0, 0.05) is 23.6 Å². The van der Waals surface area contributed by atoms with E-state index in [1.165, 1.54) is 16.7 Å². The van der Waals surface area contributed by atoms with Crippen LogP contribution in [0.2, 0.25) is 5.02 Å². The summed E-state index contributed by atoms with van der Waals surface area (Å²) in [5.74, 6) is -0.379. The van der Waals surface area contributed by atoms with Crippen molar-refractivity contribution in [1.82, 2.24) is 4.90 Å². The molecule has 0 spiro atoms. The molecule has 1 aliphatic rings. The van der Waals surface area contributed by atoms with E-state index in [4.69, 9.17) is 33.7 Å². The number of hydrogen-bond donors (Lipinski definition) is 1. The van der Waals surface area contributed by atoms with Crippen molar-refractivity contribution in [3.63, 3.8) is 0 Å². The topological polar surface area (TPSA) is 66.8 Å². The molecular weight excluding hydrogens is 430 g/mol. The smallest absolute Gasteiger partial charge is 0.303 e. The Kier molecular flexibility index (Phi) is 7.30. The third kappa shape index (κ3) is 5.82. The average molecular weight is 448 g/mol. The quantitative estimate of drug-likeness (QED) is 0.454. The second-order valence-electron chi connectivity index (χ2n) is 6.28. The van der Waals surface area contributed by atoms with Gasteiger partial charge in [0.25, 0.3) is 5.91 Å². The predicted octanol–water partition coefficient (Wildman–Crippen LogP) is 4.99. The van der Waals surface area contributed by atoms with Gasteiger partial charge in [0.05, 0.1) is 4.91 Å². The summed E-state index contributed by atoms with van der Waals surface area (Å²) in [7, 11) is 0. The summed E-state index contributed by atoms with van der Waals surface area (Å²) >= 11 is 12.6. The highest BCUT2D eigenvalue weighted by atomic mass is 35.5. The van der Waals surface area contributed by atoms with E-state index in [0.29, 0.717) is 39.6 Å². The van der Waals surface area contributed by atoms with Gasteiger partial charge in [-0.05, 0) is 36.3 Å². The van der Waals surface area contributed by atoms with Crippen LogP contribution in [0, 0.1) is 0 Å². The summed E-state index contributed by atoms with van der Waals surface area (Å²) in [5.41, 5.74) is 1.76. The van der Waals surface area contributed by atoms with Crippen LogP contribution in [0.3, 0.4) is 0 Å². The van der Waals surface area contributed by atoms with Crippen molar-refractivity contribution in [2.75, 3.05) is 6.54 Å². The van der Waals surface area contributed by atoms with Crippen molar-refractivity contribution in [3.05, 3.63) is 69.6 Å². The fourth-order valence-electron chi connectivity index (χ4n) is 2.67. The Morgan fingerprint density at radius 3 is 2.62 bits per heavy atom. The molecule has 8 heteroatoms. The third-order valence-corrected chi connectivity index (χ3v) is 5.92. The second kappa shape index (κ2) is 9.91. The highest BCUT2D eigenvalue weighted by Gasteiger charge is 2.31. The Morgan fingerprint density at radius 2 is 1.93 bits per heavy atom. The van der Waals surface area contributed by atoms with Gasteiger partial charge in [-0.2, -0.15) is 0 Å². The molecule has 0 unspecified atom stereocenters. The van der Waals surface area contributed by atoms with E-state index < -0.39 is 5.97 Å². The van der Waals surface area contributed by atoms with Crippen LogP contribution in [0.25, 0.3) is 6.08 Å². The van der Waals surface area contributed by atoms with Gasteiger partial charge in [-0.3, -0.25) is 14.5 Å². The maximum absolute atomic E-state index is 12.5. The van der Waals surface area contributed by atoms with Crippen molar-refractivity contribution < 1.29 is 19.4 Å². The van der Waals surface area contributed by atoms with Crippen molar-refractivity contribution >= 4 is 57.9 Å². The Morgan fingerprint density at radius 1 is 1.21 bits per heavy atom. The number of thioether (sulfide) groups is 1. The Hall–Kier alpha value is -2.35. The first-order chi connectivity index (χ1) is 13.9. The zero-order valence-electron chi connectivity index (χ0n) is 15.3. The monoisotopic (exact) mass is 447 g/mol. The Labute approximate surface area is 183 Å². The van der Waals surface area contributed by atoms with Gasteiger partial charge in [0.2, 0.25) is 0 Å². The molecular formula is C21H18ClNO4S2. The maximum atomic E-state index is 12.5. The molecule has 1 amide bonds. The van der Waals surface area contributed by atoms with Gasteiger partial charge in [-0.1, -0.05) is 65.9 Å². The molecule has 1 fully saturated rings. The van der Waals surface area contributed by atoms with Crippen LogP contribution in [0.4, 0.5) is 0 Å². The van der Waals surface area contributed by atoms with Gasteiger partial charge < -0.3 is 9.84 Å². The number of hydrogen-bond acceptors (Lipinski definition) is 5.